The highest BCUT2D eigenvalue weighted by atomic mass is 35.5. The van der Waals surface area contributed by atoms with E-state index in [1.165, 1.54) is 41.6 Å². The molecule has 1 aromatic heterocycles. The summed E-state index contributed by atoms with van der Waals surface area (Å²) in [4.78, 5) is 37.8. The molecule has 10 heteroatoms. The van der Waals surface area contributed by atoms with Crippen molar-refractivity contribution in [3.63, 3.8) is 0 Å². The zero-order valence-corrected chi connectivity index (χ0v) is 21.4. The van der Waals surface area contributed by atoms with E-state index < -0.39 is 0 Å². The van der Waals surface area contributed by atoms with Crippen LogP contribution in [0.2, 0.25) is 5.15 Å². The monoisotopic (exact) mass is 527 g/mol. The Morgan fingerprint density at radius 3 is 2.58 bits per heavy atom. The van der Waals surface area contributed by atoms with Gasteiger partial charge in [-0.2, -0.15) is 0 Å². The van der Waals surface area contributed by atoms with Gasteiger partial charge in [-0.3, -0.25) is 9.59 Å². The maximum atomic E-state index is 13.2. The summed E-state index contributed by atoms with van der Waals surface area (Å²) in [6, 6.07) is 17.2. The topological polar surface area (TPSA) is 78.4 Å². The molecule has 2 aromatic carbocycles. The average Bonchev–Trinajstić information content (AvgIpc) is 2.88. The van der Waals surface area contributed by atoms with Crippen LogP contribution in [-0.4, -0.2) is 64.7 Å². The second-order valence-corrected chi connectivity index (χ2v) is 9.84. The molecule has 0 spiro atoms. The molecule has 7 nitrogen and oxygen atoms in total. The van der Waals surface area contributed by atoms with Crippen molar-refractivity contribution in [1.29, 1.82) is 0 Å². The van der Waals surface area contributed by atoms with Gasteiger partial charge in [0.05, 0.1) is 5.75 Å². The molecule has 0 aliphatic carbocycles. The van der Waals surface area contributed by atoms with E-state index in [0.717, 1.165) is 6.42 Å². The van der Waals surface area contributed by atoms with E-state index in [4.69, 9.17) is 11.6 Å². The van der Waals surface area contributed by atoms with Gasteiger partial charge in [-0.05, 0) is 43.2 Å². The number of aromatic nitrogens is 2. The Labute approximate surface area is 219 Å². The highest BCUT2D eigenvalue weighted by Gasteiger charge is 2.29. The molecule has 3 aromatic rings. The predicted molar refractivity (Wildman–Crippen MR) is 140 cm³/mol. The van der Waals surface area contributed by atoms with Gasteiger partial charge in [0.2, 0.25) is 5.91 Å². The highest BCUT2D eigenvalue weighted by Crippen LogP contribution is 2.24. The number of benzene rings is 2. The maximum Gasteiger partial charge on any atom is 0.254 e. The van der Waals surface area contributed by atoms with Gasteiger partial charge in [-0.1, -0.05) is 53.7 Å². The quantitative estimate of drug-likeness (QED) is 0.270. The number of rotatable bonds is 8. The number of nitrogens with one attached hydrogen (secondary N) is 1. The molecule has 0 radical (unpaired) electrons. The lowest BCUT2D eigenvalue weighted by molar-refractivity contribution is -0.118. The first-order chi connectivity index (χ1) is 17.4. The Bertz CT molecular complexity index is 1200. The van der Waals surface area contributed by atoms with Crippen LogP contribution in [-0.2, 0) is 11.2 Å². The minimum absolute atomic E-state index is 0.0865. The fourth-order valence-corrected chi connectivity index (χ4v) is 4.92. The summed E-state index contributed by atoms with van der Waals surface area (Å²) < 4.78 is 13.2. The van der Waals surface area contributed by atoms with Crippen LogP contribution < -0.4 is 10.2 Å². The molecular formula is C26H27ClFN5O2S. The summed E-state index contributed by atoms with van der Waals surface area (Å²) in [7, 11) is 0. The molecule has 1 unspecified atom stereocenters. The molecule has 1 aliphatic heterocycles. The number of hydrogen-bond acceptors (Lipinski definition) is 6. The molecule has 188 valence electrons. The summed E-state index contributed by atoms with van der Waals surface area (Å²) in [5.41, 5.74) is 1.63. The average molecular weight is 528 g/mol. The Kier molecular flexibility index (Phi) is 8.77. The summed E-state index contributed by atoms with van der Waals surface area (Å²) in [6.45, 7) is 4.14. The molecule has 0 saturated carbocycles. The summed E-state index contributed by atoms with van der Waals surface area (Å²) >= 11 is 7.49. The normalized spacial score (nSPS) is 15.6. The van der Waals surface area contributed by atoms with E-state index in [1.54, 1.807) is 11.0 Å². The van der Waals surface area contributed by atoms with E-state index in [0.29, 0.717) is 47.9 Å². The molecule has 2 amide bonds. The van der Waals surface area contributed by atoms with Gasteiger partial charge in [0.1, 0.15) is 16.8 Å². The summed E-state index contributed by atoms with van der Waals surface area (Å²) in [6.07, 6.45) is 0.767. The second kappa shape index (κ2) is 12.2. The first kappa shape index (κ1) is 25.9. The van der Waals surface area contributed by atoms with Crippen LogP contribution in [0.25, 0.3) is 0 Å². The van der Waals surface area contributed by atoms with Crippen molar-refractivity contribution in [2.45, 2.75) is 24.5 Å². The third-order valence-electron chi connectivity index (χ3n) is 5.88. The molecule has 4 rings (SSSR count). The van der Waals surface area contributed by atoms with Crippen LogP contribution in [0.15, 0.2) is 65.8 Å². The van der Waals surface area contributed by atoms with Gasteiger partial charge in [0, 0.05) is 43.9 Å². The van der Waals surface area contributed by atoms with Crippen LogP contribution in [0.1, 0.15) is 22.8 Å². The van der Waals surface area contributed by atoms with E-state index in [9.17, 15) is 14.0 Å². The van der Waals surface area contributed by atoms with Crippen molar-refractivity contribution in [3.05, 3.63) is 82.8 Å². The zero-order valence-electron chi connectivity index (χ0n) is 19.9. The minimum atomic E-state index is -0.372. The van der Waals surface area contributed by atoms with Gasteiger partial charge in [0.25, 0.3) is 5.91 Å². The Balaban J connectivity index is 1.30. The SMILES string of the molecule is CC1CN(c2cc(Cl)nc(SCC(=O)NCCc3ccccc3)n2)CCN1C(=O)c1ccc(F)cc1. The van der Waals surface area contributed by atoms with Crippen LogP contribution in [0.5, 0.6) is 0 Å². The van der Waals surface area contributed by atoms with Crippen molar-refractivity contribution in [3.8, 4) is 0 Å². The molecule has 1 atom stereocenters. The number of thioether (sulfide) groups is 1. The first-order valence-corrected chi connectivity index (χ1v) is 13.0. The zero-order chi connectivity index (χ0) is 25.5. The third kappa shape index (κ3) is 6.95. The first-order valence-electron chi connectivity index (χ1n) is 11.7. The fraction of sp³-hybridized carbons (Fsp3) is 0.308. The molecule has 1 N–H and O–H groups in total. The molecule has 1 saturated heterocycles. The van der Waals surface area contributed by atoms with Crippen molar-refractivity contribution in [2.75, 3.05) is 36.8 Å². The predicted octanol–water partition coefficient (Wildman–Crippen LogP) is 4.07. The van der Waals surface area contributed by atoms with Crippen molar-refractivity contribution in [1.82, 2.24) is 20.2 Å². The van der Waals surface area contributed by atoms with Gasteiger partial charge in [-0.25, -0.2) is 14.4 Å². The number of carbonyl (C=O) groups excluding carboxylic acids is 2. The van der Waals surface area contributed by atoms with E-state index in [2.05, 4.69) is 20.2 Å². The Hall–Kier alpha value is -3.17. The van der Waals surface area contributed by atoms with E-state index in [-0.39, 0.29) is 29.4 Å². The van der Waals surface area contributed by atoms with Gasteiger partial charge in [-0.15, -0.1) is 0 Å². The Morgan fingerprint density at radius 2 is 1.86 bits per heavy atom. The number of hydrogen-bond donors (Lipinski definition) is 1. The van der Waals surface area contributed by atoms with E-state index in [1.807, 2.05) is 37.3 Å². The highest BCUT2D eigenvalue weighted by molar-refractivity contribution is 7.99. The number of amides is 2. The fourth-order valence-electron chi connectivity index (χ4n) is 4.01. The van der Waals surface area contributed by atoms with Gasteiger partial charge in [0.15, 0.2) is 5.16 Å². The number of piperazine rings is 1. The molecule has 36 heavy (non-hydrogen) atoms. The van der Waals surface area contributed by atoms with Crippen molar-refractivity contribution >= 4 is 41.0 Å². The maximum absolute atomic E-state index is 13.2. The lowest BCUT2D eigenvalue weighted by Crippen LogP contribution is -2.54. The molecule has 0 bridgehead atoms. The lowest BCUT2D eigenvalue weighted by Gasteiger charge is -2.40. The van der Waals surface area contributed by atoms with Crippen LogP contribution in [0.3, 0.4) is 0 Å². The van der Waals surface area contributed by atoms with Crippen LogP contribution in [0.4, 0.5) is 10.2 Å². The summed E-state index contributed by atoms with van der Waals surface area (Å²) in [5, 5.41) is 3.63. The third-order valence-corrected chi connectivity index (χ3v) is 6.92. The lowest BCUT2D eigenvalue weighted by atomic mass is 10.1. The van der Waals surface area contributed by atoms with Gasteiger partial charge < -0.3 is 15.1 Å². The number of halogens is 2. The van der Waals surface area contributed by atoms with E-state index >= 15 is 0 Å². The van der Waals surface area contributed by atoms with Crippen LogP contribution in [0, 0.1) is 5.82 Å². The summed E-state index contributed by atoms with van der Waals surface area (Å²) in [5.74, 6) is 0.247. The number of carbonyl (C=O) groups is 2. The second-order valence-electron chi connectivity index (χ2n) is 8.51. The minimum Gasteiger partial charge on any atom is -0.355 e. The molecular weight excluding hydrogens is 501 g/mol. The van der Waals surface area contributed by atoms with Crippen molar-refractivity contribution in [2.24, 2.45) is 0 Å². The molecule has 2 heterocycles. The largest absolute Gasteiger partial charge is 0.355 e. The molecule has 1 aliphatic rings. The van der Waals surface area contributed by atoms with Gasteiger partial charge >= 0.3 is 0 Å². The smallest absolute Gasteiger partial charge is 0.254 e. The van der Waals surface area contributed by atoms with Crippen LogP contribution >= 0.6 is 23.4 Å². The number of nitrogens with zero attached hydrogens (tertiary/aromatic N) is 4. The molecule has 1 fully saturated rings. The standard InChI is InChI=1S/C26H27ClFN5O2S/c1-18-16-32(13-14-33(18)25(35)20-7-9-21(28)10-8-20)23-15-22(27)30-26(31-23)36-17-24(34)29-12-11-19-5-3-2-4-6-19/h2-10,15,18H,11-14,16-17H2,1H3,(H,29,34). The Morgan fingerprint density at radius 1 is 1.11 bits per heavy atom. The van der Waals surface area contributed by atoms with Crippen molar-refractivity contribution < 1.29 is 14.0 Å². The number of anilines is 1.